The Morgan fingerprint density at radius 2 is 2.03 bits per heavy atom. The van der Waals surface area contributed by atoms with E-state index in [2.05, 4.69) is 36.9 Å². The van der Waals surface area contributed by atoms with E-state index in [9.17, 15) is 18.0 Å². The highest BCUT2D eigenvalue weighted by molar-refractivity contribution is 6.03. The molecule has 0 aliphatic heterocycles. The van der Waals surface area contributed by atoms with Crippen LogP contribution in [0.25, 0.3) is 10.9 Å². The lowest BCUT2D eigenvalue weighted by Gasteiger charge is -2.20. The summed E-state index contributed by atoms with van der Waals surface area (Å²) in [6.07, 6.45) is 4.27. The van der Waals surface area contributed by atoms with Gasteiger partial charge in [-0.05, 0) is 56.5 Å². The highest BCUT2D eigenvalue weighted by Gasteiger charge is 2.32. The summed E-state index contributed by atoms with van der Waals surface area (Å²) in [7, 11) is 0. The zero-order valence-corrected chi connectivity index (χ0v) is 18.5. The summed E-state index contributed by atoms with van der Waals surface area (Å²) in [5.74, 6) is 0.269. The number of nitrogens with zero attached hydrogens (tertiary/aromatic N) is 6. The zero-order chi connectivity index (χ0) is 24.3. The molecule has 2 amide bonds. The molecule has 1 aliphatic rings. The van der Waals surface area contributed by atoms with Gasteiger partial charge in [-0.15, -0.1) is 0 Å². The maximum atomic E-state index is 12.8. The van der Waals surface area contributed by atoms with Gasteiger partial charge in [0.2, 0.25) is 12.1 Å². The lowest BCUT2D eigenvalue weighted by Crippen LogP contribution is -2.38. The van der Waals surface area contributed by atoms with E-state index in [4.69, 9.17) is 4.52 Å². The van der Waals surface area contributed by atoms with Gasteiger partial charge in [-0.2, -0.15) is 13.2 Å². The number of rotatable bonds is 5. The molecule has 3 heterocycles. The summed E-state index contributed by atoms with van der Waals surface area (Å²) in [6, 6.07) is 1.07. The van der Waals surface area contributed by atoms with E-state index in [-0.39, 0.29) is 11.6 Å². The molecule has 0 saturated carbocycles. The van der Waals surface area contributed by atoms with Crippen molar-refractivity contribution in [1.29, 1.82) is 0 Å². The van der Waals surface area contributed by atoms with Crippen LogP contribution in [0.15, 0.2) is 41.5 Å². The van der Waals surface area contributed by atoms with Crippen molar-refractivity contribution in [3.8, 4) is 0 Å². The van der Waals surface area contributed by atoms with Crippen LogP contribution in [0.2, 0.25) is 0 Å². The number of allylic oxidation sites excluding steroid dienone is 2. The first-order valence-electron chi connectivity index (χ1n) is 10.6. The Labute approximate surface area is 193 Å². The molecular formula is C22H22F3N7O2. The van der Waals surface area contributed by atoms with Crippen molar-refractivity contribution in [2.75, 3.05) is 5.32 Å². The van der Waals surface area contributed by atoms with Crippen molar-refractivity contribution in [3.05, 3.63) is 64.9 Å². The van der Waals surface area contributed by atoms with Crippen LogP contribution in [0.3, 0.4) is 0 Å². The molecule has 1 unspecified atom stereocenters. The number of carbonyl (C=O) groups is 1. The van der Waals surface area contributed by atoms with Gasteiger partial charge in [-0.3, -0.25) is 9.78 Å². The fourth-order valence-corrected chi connectivity index (χ4v) is 3.92. The number of hydrogen-bond donors (Lipinski definition) is 1. The second-order valence-corrected chi connectivity index (χ2v) is 8.02. The zero-order valence-electron chi connectivity index (χ0n) is 18.5. The summed E-state index contributed by atoms with van der Waals surface area (Å²) in [6.45, 7) is 4.54. The molecule has 0 aromatic carbocycles. The van der Waals surface area contributed by atoms with Gasteiger partial charge >= 0.3 is 6.18 Å². The molecule has 0 bridgehead atoms. The average Bonchev–Trinajstić information content (AvgIpc) is 3.21. The van der Waals surface area contributed by atoms with Crippen molar-refractivity contribution in [2.24, 2.45) is 5.92 Å². The Bertz CT molecular complexity index is 1200. The number of aromatic nitrogens is 5. The normalized spacial score (nSPS) is 16.1. The number of hydrogen-bond acceptors (Lipinski definition) is 6. The number of pyridine rings is 1. The molecule has 34 heavy (non-hydrogen) atoms. The van der Waals surface area contributed by atoms with E-state index in [0.717, 1.165) is 48.5 Å². The Hall–Kier alpha value is -3.83. The molecule has 4 rings (SSSR count). The maximum Gasteiger partial charge on any atom is 0.433 e. The second kappa shape index (κ2) is 9.57. The molecule has 178 valence electrons. The number of anilines is 1. The number of amides is 2. The summed E-state index contributed by atoms with van der Waals surface area (Å²) in [5.41, 5.74) is 3.09. The molecule has 0 radical (unpaired) electrons. The number of nitrogens with one attached hydrogen (secondary N) is 1. The van der Waals surface area contributed by atoms with Crippen LogP contribution in [0, 0.1) is 19.8 Å². The predicted molar refractivity (Wildman–Crippen MR) is 115 cm³/mol. The first-order valence-corrected chi connectivity index (χ1v) is 10.6. The van der Waals surface area contributed by atoms with Crippen molar-refractivity contribution >= 4 is 23.2 Å². The summed E-state index contributed by atoms with van der Waals surface area (Å²) in [4.78, 5) is 23.9. The van der Waals surface area contributed by atoms with Crippen LogP contribution >= 0.6 is 0 Å². The third-order valence-corrected chi connectivity index (χ3v) is 5.52. The molecule has 1 aliphatic carbocycles. The van der Waals surface area contributed by atoms with Crippen molar-refractivity contribution in [1.82, 2.24) is 20.2 Å². The molecule has 9 nitrogen and oxygen atoms in total. The first-order chi connectivity index (χ1) is 16.2. The number of urea groups is 1. The molecule has 1 N–H and O–H groups in total. The first kappa shape index (κ1) is 23.3. The van der Waals surface area contributed by atoms with Crippen molar-refractivity contribution < 1.29 is 27.2 Å². The summed E-state index contributed by atoms with van der Waals surface area (Å²) in [5, 5.41) is 9.86. The molecule has 12 heteroatoms. The largest absolute Gasteiger partial charge is 0.433 e. The topological polar surface area (TPSA) is 112 Å². The Kier molecular flexibility index (Phi) is 6.57. The molecule has 0 saturated heterocycles. The molecule has 1 atom stereocenters. The number of carbonyl (C=O) groups excluding carboxylic acids is 1. The fourth-order valence-electron chi connectivity index (χ4n) is 3.92. The molecular weight excluding hydrogens is 451 g/mol. The van der Waals surface area contributed by atoms with E-state index in [1.54, 1.807) is 11.0 Å². The molecule has 3 aromatic rings. The van der Waals surface area contributed by atoms with Crippen LogP contribution in [0.5, 0.6) is 0 Å². The number of alkyl halides is 3. The van der Waals surface area contributed by atoms with Crippen LogP contribution in [-0.4, -0.2) is 26.3 Å². The maximum absolute atomic E-state index is 12.8. The Balaban J connectivity index is 1.32. The predicted octanol–water partition coefficient (Wildman–Crippen LogP) is 4.90. The lowest BCUT2D eigenvalue weighted by molar-refractivity contribution is -0.767. The average molecular weight is 473 g/mol. The van der Waals surface area contributed by atoms with E-state index < -0.39 is 17.9 Å². The third kappa shape index (κ3) is 5.56. The van der Waals surface area contributed by atoms with Gasteiger partial charge < -0.3 is 15.2 Å². The Morgan fingerprint density at radius 1 is 1.26 bits per heavy atom. The SMILES string of the molecule is Cc1ncnc(C)c1C1=CCC(C[n+]2cc([N-]C(=O)Nc3ccnc(C(F)(F)F)c3)on2)CC1. The van der Waals surface area contributed by atoms with E-state index in [1.807, 2.05) is 13.8 Å². The van der Waals surface area contributed by atoms with Gasteiger partial charge in [-0.1, -0.05) is 10.8 Å². The van der Waals surface area contributed by atoms with Gasteiger partial charge in [0.25, 0.3) is 0 Å². The Morgan fingerprint density at radius 3 is 2.71 bits per heavy atom. The van der Waals surface area contributed by atoms with Gasteiger partial charge in [0, 0.05) is 29.1 Å². The third-order valence-electron chi connectivity index (χ3n) is 5.52. The number of halogens is 3. The quantitative estimate of drug-likeness (QED) is 0.528. The van der Waals surface area contributed by atoms with Crippen LogP contribution in [-0.2, 0) is 12.7 Å². The standard InChI is InChI=1S/C22H22F3N7O2/c1-13-20(14(2)28-12-27-13)16-5-3-15(4-6-16)10-32-11-19(34-31-32)30-21(33)29-17-7-8-26-18(9-17)22(23,24)25/h5,7-9,11-12,15H,3-4,6,10H2,1-2H3,(H-,26,29,30,31,33). The summed E-state index contributed by atoms with van der Waals surface area (Å²) >= 11 is 0. The molecule has 3 aromatic heterocycles. The fraction of sp³-hybridized carbons (Fsp3) is 0.364. The van der Waals surface area contributed by atoms with Crippen LogP contribution in [0.1, 0.15) is 41.9 Å². The number of aryl methyl sites for hydroxylation is 2. The van der Waals surface area contributed by atoms with Crippen molar-refractivity contribution in [2.45, 2.75) is 45.8 Å². The smallest absolute Gasteiger partial charge is 0.424 e. The lowest BCUT2D eigenvalue weighted by atomic mass is 9.85. The van der Waals surface area contributed by atoms with Gasteiger partial charge in [0.05, 0.1) is 0 Å². The van der Waals surface area contributed by atoms with E-state index in [0.29, 0.717) is 12.5 Å². The van der Waals surface area contributed by atoms with Crippen LogP contribution in [0.4, 0.5) is 29.5 Å². The highest BCUT2D eigenvalue weighted by atomic mass is 19.4. The van der Waals surface area contributed by atoms with Crippen molar-refractivity contribution in [3.63, 3.8) is 0 Å². The van der Waals surface area contributed by atoms with Gasteiger partial charge in [0.1, 0.15) is 12.0 Å². The van der Waals surface area contributed by atoms with E-state index >= 15 is 0 Å². The van der Waals surface area contributed by atoms with Gasteiger partial charge in [-0.25, -0.2) is 9.97 Å². The minimum absolute atomic E-state index is 0.0534. The van der Waals surface area contributed by atoms with Crippen LogP contribution < -0.4 is 10.00 Å². The van der Waals surface area contributed by atoms with E-state index in [1.165, 1.54) is 17.8 Å². The monoisotopic (exact) mass is 473 g/mol. The van der Waals surface area contributed by atoms with Gasteiger partial charge in [0.15, 0.2) is 17.8 Å². The second-order valence-electron chi connectivity index (χ2n) is 8.02. The minimum Gasteiger partial charge on any atom is -0.424 e. The summed E-state index contributed by atoms with van der Waals surface area (Å²) < 4.78 is 44.9. The molecule has 0 fully saturated rings. The minimum atomic E-state index is -4.62. The highest BCUT2D eigenvalue weighted by Crippen LogP contribution is 2.33. The molecule has 0 spiro atoms.